The van der Waals surface area contributed by atoms with E-state index in [-0.39, 0.29) is 0 Å². The molecule has 0 fully saturated rings. The van der Waals surface area contributed by atoms with Crippen molar-refractivity contribution in [2.45, 2.75) is 19.1 Å². The maximum absolute atomic E-state index is 12.4. The van der Waals surface area contributed by atoms with Crippen molar-refractivity contribution in [1.82, 2.24) is 0 Å². The normalized spacial score (nSPS) is 13.7. The van der Waals surface area contributed by atoms with Crippen molar-refractivity contribution in [3.63, 3.8) is 0 Å². The first-order chi connectivity index (χ1) is 12.1. The van der Waals surface area contributed by atoms with Gasteiger partial charge in [-0.3, -0.25) is 4.79 Å². The Bertz CT molecular complexity index is 748. The zero-order chi connectivity index (χ0) is 18.1. The molecule has 0 saturated carbocycles. The highest BCUT2D eigenvalue weighted by Gasteiger charge is 2.30. The zero-order valence-electron chi connectivity index (χ0n) is 13.9. The second-order valence-electron chi connectivity index (χ2n) is 5.33. The first-order valence-electron chi connectivity index (χ1n) is 7.95. The Kier molecular flexibility index (Phi) is 6.87. The van der Waals surface area contributed by atoms with Gasteiger partial charge in [-0.25, -0.2) is 4.79 Å². The molecule has 0 aliphatic rings. The summed E-state index contributed by atoms with van der Waals surface area (Å²) in [6, 6.07) is 17.0. The van der Waals surface area contributed by atoms with E-state index in [9.17, 15) is 14.7 Å². The van der Waals surface area contributed by atoms with E-state index in [2.05, 4.69) is 0 Å². The van der Waals surface area contributed by atoms with Crippen LogP contribution in [0, 0.1) is 0 Å². The third-order valence-electron chi connectivity index (χ3n) is 3.52. The number of esters is 1. The maximum atomic E-state index is 12.4. The summed E-state index contributed by atoms with van der Waals surface area (Å²) in [6.45, 7) is 1.82. The molecule has 4 nitrogen and oxygen atoms in total. The molecular formula is C21H20O4. The highest BCUT2D eigenvalue weighted by molar-refractivity contribution is 5.97. The highest BCUT2D eigenvalue weighted by atomic mass is 16.6. The number of carbonyl (C=O) groups is 2. The number of hydrogen-bond donors (Lipinski definition) is 1. The fourth-order valence-corrected chi connectivity index (χ4v) is 2.22. The summed E-state index contributed by atoms with van der Waals surface area (Å²) in [7, 11) is 0. The fraction of sp³-hybridized carbons (Fsp3) is 0.143. The number of aliphatic hydroxyl groups is 1. The van der Waals surface area contributed by atoms with Crippen LogP contribution >= 0.6 is 0 Å². The Morgan fingerprint density at radius 2 is 1.56 bits per heavy atom. The molecule has 0 bridgehead atoms. The number of aliphatic hydroxyl groups excluding tert-OH is 1. The minimum atomic E-state index is -1.32. The van der Waals surface area contributed by atoms with Crippen LogP contribution in [0.2, 0.25) is 0 Å². The first kappa shape index (κ1) is 18.4. The first-order valence-corrected chi connectivity index (χ1v) is 7.95. The number of ether oxygens (including phenoxy) is 1. The summed E-state index contributed by atoms with van der Waals surface area (Å²) >= 11 is 0. The van der Waals surface area contributed by atoms with Crippen molar-refractivity contribution in [3.05, 3.63) is 96.1 Å². The van der Waals surface area contributed by atoms with Gasteiger partial charge in [-0.05, 0) is 30.7 Å². The monoisotopic (exact) mass is 336 g/mol. The average molecular weight is 336 g/mol. The molecule has 2 atom stereocenters. The highest BCUT2D eigenvalue weighted by Crippen LogP contribution is 2.21. The molecule has 0 spiro atoms. The number of benzene rings is 2. The van der Waals surface area contributed by atoms with Gasteiger partial charge in [0.15, 0.2) is 11.9 Å². The molecule has 0 aliphatic carbocycles. The molecule has 0 unspecified atom stereocenters. The molecule has 1 N–H and O–H groups in total. The number of rotatable bonds is 7. The van der Waals surface area contributed by atoms with Crippen LogP contribution in [0.25, 0.3) is 0 Å². The van der Waals surface area contributed by atoms with E-state index in [4.69, 9.17) is 4.74 Å². The molecular weight excluding hydrogens is 316 g/mol. The van der Waals surface area contributed by atoms with Crippen molar-refractivity contribution in [1.29, 1.82) is 0 Å². The van der Waals surface area contributed by atoms with Gasteiger partial charge in [0.1, 0.15) is 6.10 Å². The van der Waals surface area contributed by atoms with E-state index in [0.717, 1.165) is 0 Å². The van der Waals surface area contributed by atoms with Gasteiger partial charge >= 0.3 is 5.97 Å². The van der Waals surface area contributed by atoms with Crippen molar-refractivity contribution in [2.75, 3.05) is 0 Å². The van der Waals surface area contributed by atoms with Crippen LogP contribution in [0.5, 0.6) is 0 Å². The van der Waals surface area contributed by atoms with E-state index in [1.807, 2.05) is 6.92 Å². The van der Waals surface area contributed by atoms with Crippen molar-refractivity contribution in [3.8, 4) is 0 Å². The van der Waals surface area contributed by atoms with E-state index in [1.54, 1.807) is 78.9 Å². The van der Waals surface area contributed by atoms with Gasteiger partial charge in [-0.2, -0.15) is 0 Å². The Hall–Kier alpha value is -2.98. The molecule has 4 heteroatoms. The summed E-state index contributed by atoms with van der Waals surface area (Å²) in [5, 5.41) is 10.6. The molecule has 128 valence electrons. The molecule has 0 aromatic heterocycles. The molecule has 0 heterocycles. The lowest BCUT2D eigenvalue weighted by Gasteiger charge is -2.21. The Morgan fingerprint density at radius 1 is 0.960 bits per heavy atom. The molecule has 25 heavy (non-hydrogen) atoms. The van der Waals surface area contributed by atoms with Crippen LogP contribution in [0.3, 0.4) is 0 Å². The topological polar surface area (TPSA) is 63.6 Å². The summed E-state index contributed by atoms with van der Waals surface area (Å²) in [5.74, 6) is -1.15. The Morgan fingerprint density at radius 3 is 2.16 bits per heavy atom. The quantitative estimate of drug-likeness (QED) is 0.476. The minimum Gasteiger partial charge on any atom is -0.447 e. The number of hydrogen-bond acceptors (Lipinski definition) is 4. The number of allylic oxidation sites excluding steroid dienone is 3. The summed E-state index contributed by atoms with van der Waals surface area (Å²) in [4.78, 5) is 24.7. The number of ketones is 1. The van der Waals surface area contributed by atoms with Gasteiger partial charge in [0.05, 0.1) is 5.56 Å². The molecule has 0 aliphatic heterocycles. The van der Waals surface area contributed by atoms with Gasteiger partial charge < -0.3 is 9.84 Å². The molecule has 0 amide bonds. The standard InChI is InChI=1S/C21H20O4/c1-2-3-6-15-18(22)20(19(23)16-11-7-4-8-12-16)25-21(24)17-13-9-5-10-14-17/h2-15,19-20,23H,1H3/b3-2+,15-6-/t19-,20-/m0/s1. The second-order valence-corrected chi connectivity index (χ2v) is 5.33. The summed E-state index contributed by atoms with van der Waals surface area (Å²) in [5.41, 5.74) is 0.819. The lowest BCUT2D eigenvalue weighted by atomic mass is 10.0. The van der Waals surface area contributed by atoms with Crippen LogP contribution in [0.4, 0.5) is 0 Å². The molecule has 0 saturated heterocycles. The van der Waals surface area contributed by atoms with Crippen LogP contribution < -0.4 is 0 Å². The predicted octanol–water partition coefficient (Wildman–Crippen LogP) is 3.65. The van der Waals surface area contributed by atoms with Gasteiger partial charge in [-0.15, -0.1) is 0 Å². The Balaban J connectivity index is 2.25. The van der Waals surface area contributed by atoms with Crippen molar-refractivity contribution >= 4 is 11.8 Å². The largest absolute Gasteiger partial charge is 0.447 e. The second kappa shape index (κ2) is 9.35. The third kappa shape index (κ3) is 5.26. The fourth-order valence-electron chi connectivity index (χ4n) is 2.22. The maximum Gasteiger partial charge on any atom is 0.338 e. The predicted molar refractivity (Wildman–Crippen MR) is 96.0 cm³/mol. The van der Waals surface area contributed by atoms with Crippen LogP contribution in [0.1, 0.15) is 28.9 Å². The summed E-state index contributed by atoms with van der Waals surface area (Å²) < 4.78 is 5.33. The van der Waals surface area contributed by atoms with Gasteiger partial charge in [0.2, 0.25) is 0 Å². The van der Waals surface area contributed by atoms with E-state index >= 15 is 0 Å². The lowest BCUT2D eigenvalue weighted by Crippen LogP contribution is -2.32. The molecule has 0 radical (unpaired) electrons. The van der Waals surface area contributed by atoms with Crippen LogP contribution in [-0.2, 0) is 9.53 Å². The smallest absolute Gasteiger partial charge is 0.338 e. The SMILES string of the molecule is C/C=C/C=C\C(=O)[C@H](OC(=O)c1ccccc1)[C@@H](O)c1ccccc1. The zero-order valence-corrected chi connectivity index (χ0v) is 13.9. The van der Waals surface area contributed by atoms with Crippen molar-refractivity contribution < 1.29 is 19.4 Å². The number of carbonyl (C=O) groups excluding carboxylic acids is 2. The van der Waals surface area contributed by atoms with Crippen LogP contribution in [-0.4, -0.2) is 23.0 Å². The lowest BCUT2D eigenvalue weighted by molar-refractivity contribution is -0.129. The van der Waals surface area contributed by atoms with E-state index in [0.29, 0.717) is 11.1 Å². The van der Waals surface area contributed by atoms with Crippen molar-refractivity contribution in [2.24, 2.45) is 0 Å². The van der Waals surface area contributed by atoms with Crippen LogP contribution in [0.15, 0.2) is 85.0 Å². The minimum absolute atomic E-state index is 0.318. The van der Waals surface area contributed by atoms with E-state index in [1.165, 1.54) is 6.08 Å². The van der Waals surface area contributed by atoms with Gasteiger partial charge in [-0.1, -0.05) is 66.8 Å². The van der Waals surface area contributed by atoms with Gasteiger partial charge in [0.25, 0.3) is 0 Å². The Labute approximate surface area is 147 Å². The van der Waals surface area contributed by atoms with E-state index < -0.39 is 24.0 Å². The third-order valence-corrected chi connectivity index (χ3v) is 3.52. The van der Waals surface area contributed by atoms with Gasteiger partial charge in [0, 0.05) is 0 Å². The molecule has 2 aromatic carbocycles. The molecule has 2 aromatic rings. The average Bonchev–Trinajstić information content (AvgIpc) is 2.67. The molecule has 2 rings (SSSR count). The summed E-state index contributed by atoms with van der Waals surface area (Å²) in [6.07, 6.45) is 3.71.